The van der Waals surface area contributed by atoms with Gasteiger partial charge in [0.05, 0.1) is 28.0 Å². The minimum atomic E-state index is -0.543. The van der Waals surface area contributed by atoms with E-state index in [0.717, 1.165) is 30.9 Å². The molecule has 4 heterocycles. The standard InChI is InChI=1S/C23H24FN5O2/c1-13-10-29-12-20(26-22(29)14(2)25-13)18-9-17-19(24)7-16(8-21(17)31-23(18)30)28(4)15-5-6-27(3)11-15/h7-10,12,15H,5-6,11H2,1-4H3. The predicted octanol–water partition coefficient (Wildman–Crippen LogP) is 3.40. The summed E-state index contributed by atoms with van der Waals surface area (Å²) in [6, 6.07) is 5.07. The Morgan fingerprint density at radius 2 is 2.00 bits per heavy atom. The Balaban J connectivity index is 1.59. The summed E-state index contributed by atoms with van der Waals surface area (Å²) in [5.41, 5.74) is 3.30. The molecule has 7 nitrogen and oxygen atoms in total. The SMILES string of the molecule is Cc1cn2cc(-c3cc4c(F)cc(N(C)C5CCN(C)C5)cc4oc3=O)nc2c(C)n1. The molecule has 31 heavy (non-hydrogen) atoms. The fourth-order valence-corrected chi connectivity index (χ4v) is 4.42. The second-order valence-electron chi connectivity index (χ2n) is 8.43. The first-order valence-electron chi connectivity index (χ1n) is 10.3. The lowest BCUT2D eigenvalue weighted by atomic mass is 10.1. The fourth-order valence-electron chi connectivity index (χ4n) is 4.42. The second-order valence-corrected chi connectivity index (χ2v) is 8.43. The minimum Gasteiger partial charge on any atom is -0.422 e. The van der Waals surface area contributed by atoms with Crippen molar-refractivity contribution < 1.29 is 8.81 Å². The number of aryl methyl sites for hydroxylation is 2. The zero-order valence-electron chi connectivity index (χ0n) is 18.0. The van der Waals surface area contributed by atoms with Crippen LogP contribution in [0.15, 0.2) is 39.8 Å². The molecular weight excluding hydrogens is 397 g/mol. The van der Waals surface area contributed by atoms with Gasteiger partial charge in [-0.1, -0.05) is 0 Å². The molecule has 1 aromatic carbocycles. The molecule has 0 radical (unpaired) electrons. The maximum atomic E-state index is 15.1. The number of benzene rings is 1. The van der Waals surface area contributed by atoms with Gasteiger partial charge in [0, 0.05) is 43.8 Å². The third-order valence-electron chi connectivity index (χ3n) is 6.11. The van der Waals surface area contributed by atoms with Crippen LogP contribution >= 0.6 is 0 Å². The Bertz CT molecular complexity index is 1380. The molecule has 1 saturated heterocycles. The first kappa shape index (κ1) is 19.7. The van der Waals surface area contributed by atoms with Gasteiger partial charge >= 0.3 is 5.63 Å². The minimum absolute atomic E-state index is 0.227. The molecule has 0 bridgehead atoms. The van der Waals surface area contributed by atoms with E-state index in [-0.39, 0.29) is 16.5 Å². The van der Waals surface area contributed by atoms with Gasteiger partial charge in [0.15, 0.2) is 5.65 Å². The summed E-state index contributed by atoms with van der Waals surface area (Å²) in [4.78, 5) is 26.0. The van der Waals surface area contributed by atoms with Crippen molar-refractivity contribution in [3.63, 3.8) is 0 Å². The predicted molar refractivity (Wildman–Crippen MR) is 118 cm³/mol. The summed E-state index contributed by atoms with van der Waals surface area (Å²) in [5.74, 6) is -0.423. The number of likely N-dealkylation sites (N-methyl/N-ethyl adjacent to an activating group) is 2. The van der Waals surface area contributed by atoms with Crippen LogP contribution in [0.3, 0.4) is 0 Å². The third kappa shape index (κ3) is 3.37. The van der Waals surface area contributed by atoms with Crippen molar-refractivity contribution in [2.45, 2.75) is 26.3 Å². The Morgan fingerprint density at radius 1 is 1.19 bits per heavy atom. The van der Waals surface area contributed by atoms with Crippen LogP contribution in [0.2, 0.25) is 0 Å². The quantitative estimate of drug-likeness (QED) is 0.473. The van der Waals surface area contributed by atoms with Gasteiger partial charge in [-0.25, -0.2) is 14.2 Å². The molecule has 1 aliphatic heterocycles. The number of hydrogen-bond acceptors (Lipinski definition) is 6. The highest BCUT2D eigenvalue weighted by molar-refractivity contribution is 5.85. The number of likely N-dealkylation sites (tertiary alicyclic amines) is 1. The van der Waals surface area contributed by atoms with Crippen LogP contribution in [0.4, 0.5) is 10.1 Å². The molecule has 5 rings (SSSR count). The number of anilines is 1. The largest absolute Gasteiger partial charge is 0.422 e. The number of aromatic nitrogens is 3. The van der Waals surface area contributed by atoms with Crippen molar-refractivity contribution in [3.05, 3.63) is 58.2 Å². The van der Waals surface area contributed by atoms with Crippen molar-refractivity contribution >= 4 is 22.3 Å². The third-order valence-corrected chi connectivity index (χ3v) is 6.11. The number of fused-ring (bicyclic) bond motifs is 2. The molecule has 0 saturated carbocycles. The van der Waals surface area contributed by atoms with E-state index in [1.807, 2.05) is 31.5 Å². The van der Waals surface area contributed by atoms with Crippen LogP contribution in [0.1, 0.15) is 17.8 Å². The Morgan fingerprint density at radius 3 is 2.74 bits per heavy atom. The summed E-state index contributed by atoms with van der Waals surface area (Å²) in [6.45, 7) is 5.68. The van der Waals surface area contributed by atoms with E-state index >= 15 is 4.39 Å². The van der Waals surface area contributed by atoms with Gasteiger partial charge in [0.25, 0.3) is 0 Å². The Kier molecular flexibility index (Phi) is 4.55. The Hall–Kier alpha value is -3.26. The highest BCUT2D eigenvalue weighted by Crippen LogP contribution is 2.29. The molecule has 8 heteroatoms. The maximum Gasteiger partial charge on any atom is 0.345 e. The van der Waals surface area contributed by atoms with E-state index in [1.165, 1.54) is 12.1 Å². The molecule has 1 unspecified atom stereocenters. The molecule has 4 aromatic rings. The number of imidazole rings is 1. The van der Waals surface area contributed by atoms with Crippen molar-refractivity contribution in [1.29, 1.82) is 0 Å². The summed E-state index contributed by atoms with van der Waals surface area (Å²) in [7, 11) is 4.03. The molecule has 3 aromatic heterocycles. The van der Waals surface area contributed by atoms with E-state index in [2.05, 4.69) is 26.8 Å². The monoisotopic (exact) mass is 421 g/mol. The van der Waals surface area contributed by atoms with E-state index in [0.29, 0.717) is 23.1 Å². The van der Waals surface area contributed by atoms with Crippen LogP contribution in [0.25, 0.3) is 27.9 Å². The molecule has 160 valence electrons. The lowest BCUT2D eigenvalue weighted by Crippen LogP contribution is -2.33. The van der Waals surface area contributed by atoms with Gasteiger partial charge in [0.1, 0.15) is 11.4 Å². The molecule has 0 N–H and O–H groups in total. The highest BCUT2D eigenvalue weighted by atomic mass is 19.1. The maximum absolute atomic E-state index is 15.1. The van der Waals surface area contributed by atoms with Gasteiger partial charge in [-0.2, -0.15) is 0 Å². The van der Waals surface area contributed by atoms with E-state index < -0.39 is 11.4 Å². The Labute approximate surface area is 178 Å². The van der Waals surface area contributed by atoms with Gasteiger partial charge in [-0.3, -0.25) is 4.98 Å². The average molecular weight is 421 g/mol. The molecule has 1 atom stereocenters. The molecule has 1 fully saturated rings. The van der Waals surface area contributed by atoms with Gasteiger partial charge in [0.2, 0.25) is 0 Å². The average Bonchev–Trinajstić information content (AvgIpc) is 3.33. The molecule has 0 aliphatic carbocycles. The number of nitrogens with zero attached hydrogens (tertiary/aromatic N) is 5. The van der Waals surface area contributed by atoms with Crippen LogP contribution in [0.5, 0.6) is 0 Å². The van der Waals surface area contributed by atoms with Gasteiger partial charge in [-0.15, -0.1) is 0 Å². The summed E-state index contributed by atoms with van der Waals surface area (Å²) in [5, 5.41) is 0.262. The van der Waals surface area contributed by atoms with Crippen LogP contribution in [-0.4, -0.2) is 52.5 Å². The normalized spacial score (nSPS) is 17.1. The van der Waals surface area contributed by atoms with E-state index in [4.69, 9.17) is 4.42 Å². The molecule has 0 amide bonds. The zero-order chi connectivity index (χ0) is 21.9. The van der Waals surface area contributed by atoms with E-state index in [1.54, 1.807) is 12.3 Å². The first-order valence-corrected chi connectivity index (χ1v) is 10.3. The van der Waals surface area contributed by atoms with Crippen LogP contribution in [0, 0.1) is 19.7 Å². The van der Waals surface area contributed by atoms with Gasteiger partial charge < -0.3 is 18.6 Å². The van der Waals surface area contributed by atoms with Crippen LogP contribution < -0.4 is 10.5 Å². The molecule has 1 aliphatic rings. The van der Waals surface area contributed by atoms with Crippen molar-refractivity contribution in [2.75, 3.05) is 32.1 Å². The summed E-state index contributed by atoms with van der Waals surface area (Å²) < 4.78 is 22.5. The topological polar surface area (TPSA) is 66.9 Å². The van der Waals surface area contributed by atoms with Crippen LogP contribution in [-0.2, 0) is 0 Å². The smallest absolute Gasteiger partial charge is 0.345 e. The number of halogens is 1. The molecule has 0 spiro atoms. The molecular formula is C23H24FN5O2. The number of rotatable bonds is 3. The summed E-state index contributed by atoms with van der Waals surface area (Å²) in [6.07, 6.45) is 4.59. The highest BCUT2D eigenvalue weighted by Gasteiger charge is 2.25. The van der Waals surface area contributed by atoms with Crippen molar-refractivity contribution in [2.24, 2.45) is 0 Å². The lowest BCUT2D eigenvalue weighted by Gasteiger charge is -2.26. The zero-order valence-corrected chi connectivity index (χ0v) is 18.0. The first-order chi connectivity index (χ1) is 14.8. The lowest BCUT2D eigenvalue weighted by molar-refractivity contribution is 0.409. The van der Waals surface area contributed by atoms with Crippen molar-refractivity contribution in [3.8, 4) is 11.3 Å². The second kappa shape index (κ2) is 7.16. The summed E-state index contributed by atoms with van der Waals surface area (Å²) >= 11 is 0. The fraction of sp³-hybridized carbons (Fsp3) is 0.348. The number of hydrogen-bond donors (Lipinski definition) is 0. The van der Waals surface area contributed by atoms with E-state index in [9.17, 15) is 4.79 Å². The van der Waals surface area contributed by atoms with Crippen molar-refractivity contribution in [1.82, 2.24) is 19.3 Å². The van der Waals surface area contributed by atoms with Gasteiger partial charge in [-0.05, 0) is 46.0 Å².